The van der Waals surface area contributed by atoms with Gasteiger partial charge in [0.05, 0.1) is 42.5 Å². The molecule has 8 rings (SSSR count). The van der Waals surface area contributed by atoms with Crippen molar-refractivity contribution in [3.63, 3.8) is 0 Å². The van der Waals surface area contributed by atoms with Gasteiger partial charge < -0.3 is 58.4 Å². The van der Waals surface area contributed by atoms with Gasteiger partial charge in [-0.2, -0.15) is 0 Å². The second-order valence-corrected chi connectivity index (χ2v) is 16.5. The number of fused-ring (bicyclic) bond motifs is 3. The molecule has 52 heavy (non-hydrogen) atoms. The summed E-state index contributed by atoms with van der Waals surface area (Å²) in [5, 5.41) is 66.6. The van der Waals surface area contributed by atoms with Crippen molar-refractivity contribution in [2.24, 2.45) is 33.5 Å². The molecule has 5 aliphatic carbocycles. The molecule has 5 saturated carbocycles. The summed E-state index contributed by atoms with van der Waals surface area (Å²) in [5.41, 5.74) is -19.8. The Bertz CT molecular complexity index is 1810. The van der Waals surface area contributed by atoms with E-state index in [1.165, 1.54) is 46.3 Å². The maximum absolute atomic E-state index is 14.2. The van der Waals surface area contributed by atoms with Gasteiger partial charge in [0.2, 0.25) is 6.10 Å². The molecule has 0 unspecified atom stereocenters. The smallest absolute Gasteiger partial charge is 0.347 e. The van der Waals surface area contributed by atoms with Gasteiger partial charge in [0.1, 0.15) is 35.1 Å². The lowest BCUT2D eigenvalue weighted by Gasteiger charge is -2.76. The van der Waals surface area contributed by atoms with Gasteiger partial charge in [-0.25, -0.2) is 9.59 Å². The summed E-state index contributed by atoms with van der Waals surface area (Å²) in [6.45, 7) is 7.67. The lowest BCUT2D eigenvalue weighted by Crippen LogP contribution is -2.98. The Morgan fingerprint density at radius 3 is 2.17 bits per heavy atom. The fraction of sp³-hybridized carbons (Fsp3) is 0.743. The molecule has 0 aromatic carbocycles. The molecule has 1 spiro atoms. The highest BCUT2D eigenvalue weighted by molar-refractivity contribution is 5.83. The van der Waals surface area contributed by atoms with E-state index in [2.05, 4.69) is 0 Å². The highest BCUT2D eigenvalue weighted by Gasteiger charge is 3.08. The van der Waals surface area contributed by atoms with Crippen molar-refractivity contribution in [1.82, 2.24) is 0 Å². The molecular weight excluding hydrogens is 692 g/mol. The lowest BCUT2D eigenvalue weighted by atomic mass is 9.33. The Labute approximate surface area is 296 Å². The summed E-state index contributed by atoms with van der Waals surface area (Å²) in [6, 6.07) is 1.51. The van der Waals surface area contributed by atoms with E-state index >= 15 is 0 Å². The molecule has 7 aliphatic rings. The second-order valence-electron chi connectivity index (χ2n) is 16.5. The van der Waals surface area contributed by atoms with Gasteiger partial charge in [0.25, 0.3) is 0 Å². The van der Waals surface area contributed by atoms with Gasteiger partial charge in [-0.05, 0) is 18.9 Å². The van der Waals surface area contributed by atoms with E-state index in [1.54, 1.807) is 0 Å². The van der Waals surface area contributed by atoms with Gasteiger partial charge in [-0.15, -0.1) is 0 Å². The number of hydrogen-bond acceptors (Lipinski definition) is 17. The number of aliphatic hydroxyl groups excluding tert-OH is 1. The van der Waals surface area contributed by atoms with Crippen LogP contribution in [0.5, 0.6) is 0 Å². The first-order chi connectivity index (χ1) is 24.1. The number of esters is 5. The van der Waals surface area contributed by atoms with E-state index in [0.29, 0.717) is 5.56 Å². The van der Waals surface area contributed by atoms with Crippen LogP contribution in [0.4, 0.5) is 0 Å². The fourth-order valence-corrected chi connectivity index (χ4v) is 12.8. The number of hydrogen-bond donors (Lipinski definition) is 5. The first-order valence-electron chi connectivity index (χ1n) is 17.2. The number of rotatable bonds is 7. The van der Waals surface area contributed by atoms with Crippen LogP contribution in [0.25, 0.3) is 0 Å². The molecule has 284 valence electrons. The molecule has 2 aliphatic heterocycles. The summed E-state index contributed by atoms with van der Waals surface area (Å²) >= 11 is 0. The van der Waals surface area contributed by atoms with Crippen LogP contribution < -0.4 is 0 Å². The number of furan rings is 1. The lowest BCUT2D eigenvalue weighted by molar-refractivity contribution is -0.461. The quantitative estimate of drug-likeness (QED) is 0.166. The summed E-state index contributed by atoms with van der Waals surface area (Å²) in [4.78, 5) is 66.7. The Morgan fingerprint density at radius 1 is 0.942 bits per heavy atom. The van der Waals surface area contributed by atoms with E-state index in [1.807, 2.05) is 0 Å². The number of carbonyl (C=O) groups is 5. The van der Waals surface area contributed by atoms with Crippen molar-refractivity contribution >= 4 is 29.8 Å². The Morgan fingerprint density at radius 2 is 1.62 bits per heavy atom. The third-order valence-electron chi connectivity index (χ3n) is 14.3. The van der Waals surface area contributed by atoms with E-state index < -0.39 is 135 Å². The first-order valence-corrected chi connectivity index (χ1v) is 17.2. The Balaban J connectivity index is 1.48. The van der Waals surface area contributed by atoms with Crippen molar-refractivity contribution in [3.8, 4) is 0 Å². The maximum atomic E-state index is 14.2. The van der Waals surface area contributed by atoms with Gasteiger partial charge in [0, 0.05) is 36.2 Å². The average molecular weight is 735 g/mol. The molecule has 3 heterocycles. The zero-order valence-corrected chi connectivity index (χ0v) is 29.5. The zero-order chi connectivity index (χ0) is 38.1. The van der Waals surface area contributed by atoms with E-state index in [9.17, 15) is 49.5 Å². The highest BCUT2D eigenvalue weighted by atomic mass is 16.6. The fourth-order valence-electron chi connectivity index (χ4n) is 12.8. The van der Waals surface area contributed by atoms with Gasteiger partial charge in [-0.3, -0.25) is 14.4 Å². The van der Waals surface area contributed by atoms with Crippen LogP contribution in [0.15, 0.2) is 23.0 Å². The van der Waals surface area contributed by atoms with Crippen LogP contribution in [0.3, 0.4) is 0 Å². The minimum Gasteiger partial charge on any atom is -0.472 e. The van der Waals surface area contributed by atoms with Crippen LogP contribution in [-0.2, 0) is 52.4 Å². The van der Waals surface area contributed by atoms with Crippen molar-refractivity contribution in [1.29, 1.82) is 0 Å². The normalized spacial score (nSPS) is 51.9. The maximum Gasteiger partial charge on any atom is 0.347 e. The Hall–Kier alpha value is -3.61. The summed E-state index contributed by atoms with van der Waals surface area (Å²) in [6.07, 6.45) is -11.6. The highest BCUT2D eigenvalue weighted by Crippen LogP contribution is 2.93. The van der Waals surface area contributed by atoms with Gasteiger partial charge >= 0.3 is 29.8 Å². The van der Waals surface area contributed by atoms with Crippen molar-refractivity contribution in [2.75, 3.05) is 7.11 Å². The van der Waals surface area contributed by atoms with E-state index in [4.69, 9.17) is 32.8 Å². The minimum atomic E-state index is -3.20. The molecule has 0 radical (unpaired) electrons. The number of methoxy groups -OCH3 is 1. The summed E-state index contributed by atoms with van der Waals surface area (Å²) in [7, 11) is 0.996. The van der Waals surface area contributed by atoms with Crippen molar-refractivity contribution < 1.29 is 82.3 Å². The molecule has 2 saturated heterocycles. The molecule has 5 N–H and O–H groups in total. The predicted octanol–water partition coefficient (Wildman–Crippen LogP) is -1.02. The summed E-state index contributed by atoms with van der Waals surface area (Å²) < 4.78 is 39.9. The largest absolute Gasteiger partial charge is 0.472 e. The van der Waals surface area contributed by atoms with Gasteiger partial charge in [-0.1, -0.05) is 27.7 Å². The third kappa shape index (κ3) is 3.18. The standard InChI is InChI=1S/C35H42O17/c1-13(2)23(39)51-21-19(38)34(44)29(6)18(17(24(40)46-7)48-14(3)36)28(5)11-32(29,42)33(43,26(28)49-15(4)37)27-35(34,45)31-12-30(21,31)20(16-8-9-47-10-16)50-22(31)25(41)52-27/h8-10,13,17-22,26-27,38,42-45H,11-12H2,1-7H3/t17-,18+,19-,20-,21+,22+,26+,27-,28+,29-,30-,31-,32-,33+,34+,35+/m1/s1. The minimum absolute atomic E-state index is 0.257. The third-order valence-corrected chi connectivity index (χ3v) is 14.3. The SMILES string of the molecule is COC(=O)[C@H](OC(C)=O)[C@H]1[C@]2(C)C[C@]3(O)[C@@](O)([C@H]4OC(=O)[C@@H]5O[C@H](c6ccoc6)[C@@]67C[C@@]56[C@]4(O)[C@](O)([C@H](O)[C@@H]7OC(=O)C(C)C)[C@]13C)[C@H]2OC(C)=O. The van der Waals surface area contributed by atoms with Crippen LogP contribution in [0, 0.1) is 33.5 Å². The monoisotopic (exact) mass is 734 g/mol. The van der Waals surface area contributed by atoms with E-state index in [-0.39, 0.29) is 6.42 Å². The molecule has 7 fully saturated rings. The molecule has 17 nitrogen and oxygen atoms in total. The average Bonchev–Trinajstić information content (AvgIpc) is 3.32. The second kappa shape index (κ2) is 9.92. The van der Waals surface area contributed by atoms with E-state index in [0.717, 1.165) is 21.0 Å². The molecule has 2 bridgehead atoms. The number of ether oxygens (including phenoxy) is 6. The predicted molar refractivity (Wildman–Crippen MR) is 164 cm³/mol. The van der Waals surface area contributed by atoms with Crippen LogP contribution in [0.2, 0.25) is 0 Å². The van der Waals surface area contributed by atoms with Crippen molar-refractivity contribution in [3.05, 3.63) is 24.2 Å². The van der Waals surface area contributed by atoms with Crippen molar-refractivity contribution in [2.45, 2.75) is 120 Å². The number of aliphatic hydroxyl groups is 5. The van der Waals surface area contributed by atoms with Crippen LogP contribution >= 0.6 is 0 Å². The molecule has 16 atom stereocenters. The number of carbonyl (C=O) groups excluding carboxylic acids is 5. The Kier molecular flexibility index (Phi) is 6.76. The molecule has 17 heteroatoms. The zero-order valence-electron chi connectivity index (χ0n) is 29.5. The summed E-state index contributed by atoms with van der Waals surface area (Å²) in [5.74, 6) is -7.58. The first kappa shape index (κ1) is 35.4. The van der Waals surface area contributed by atoms with Crippen LogP contribution in [-0.4, -0.2) is 122 Å². The molecule has 1 aromatic heterocycles. The van der Waals surface area contributed by atoms with Gasteiger partial charge in [0.15, 0.2) is 17.8 Å². The molecule has 0 amide bonds. The van der Waals surface area contributed by atoms with Crippen LogP contribution in [0.1, 0.15) is 66.1 Å². The topological polar surface area (TPSA) is 255 Å². The molecular formula is C35H42O17. The molecule has 1 aromatic rings.